The minimum atomic E-state index is -0.560. The molecule has 0 atom stereocenters. The molecule has 0 aliphatic heterocycles. The number of nitrogens with zero attached hydrogens (tertiary/aromatic N) is 3. The number of hydrogen-bond donors (Lipinski definition) is 0. The third-order valence-electron chi connectivity index (χ3n) is 5.07. The first-order valence-corrected chi connectivity index (χ1v) is 10.1. The molecular formula is C25H27N3O3. The fourth-order valence-corrected chi connectivity index (χ4v) is 3.29. The first kappa shape index (κ1) is 22.0. The Morgan fingerprint density at radius 1 is 0.968 bits per heavy atom. The summed E-state index contributed by atoms with van der Waals surface area (Å²) < 4.78 is 6.98. The zero-order valence-electron chi connectivity index (χ0n) is 18.1. The lowest BCUT2D eigenvalue weighted by atomic mass is 10.1. The summed E-state index contributed by atoms with van der Waals surface area (Å²) in [6, 6.07) is 19.5. The summed E-state index contributed by atoms with van der Waals surface area (Å²) in [4.78, 5) is 26.7. The van der Waals surface area contributed by atoms with Crippen molar-refractivity contribution in [3.05, 3.63) is 94.8 Å². The van der Waals surface area contributed by atoms with E-state index in [-0.39, 0.29) is 12.5 Å². The molecule has 0 saturated carbocycles. The largest absolute Gasteiger partial charge is 0.452 e. The Morgan fingerprint density at radius 3 is 2.00 bits per heavy atom. The number of ether oxygens (including phenoxy) is 1. The average Bonchev–Trinajstić information content (AvgIpc) is 3.02. The van der Waals surface area contributed by atoms with Crippen molar-refractivity contribution in [3.63, 3.8) is 0 Å². The van der Waals surface area contributed by atoms with Crippen molar-refractivity contribution in [1.82, 2.24) is 14.7 Å². The zero-order valence-corrected chi connectivity index (χ0v) is 18.1. The van der Waals surface area contributed by atoms with Gasteiger partial charge in [-0.15, -0.1) is 0 Å². The van der Waals surface area contributed by atoms with Crippen LogP contribution in [0, 0.1) is 13.8 Å². The average molecular weight is 418 g/mol. The van der Waals surface area contributed by atoms with Gasteiger partial charge >= 0.3 is 5.97 Å². The normalized spacial score (nSPS) is 10.9. The van der Waals surface area contributed by atoms with Crippen molar-refractivity contribution in [2.75, 3.05) is 6.61 Å². The Bertz CT molecular complexity index is 1010. The van der Waals surface area contributed by atoms with Crippen LogP contribution in [0.1, 0.15) is 28.1 Å². The van der Waals surface area contributed by atoms with Crippen molar-refractivity contribution < 1.29 is 14.3 Å². The minimum absolute atomic E-state index is 0.247. The molecule has 0 fully saturated rings. The molecule has 0 radical (unpaired) electrons. The van der Waals surface area contributed by atoms with E-state index in [4.69, 9.17) is 4.74 Å². The fourth-order valence-electron chi connectivity index (χ4n) is 3.29. The lowest BCUT2D eigenvalue weighted by Crippen LogP contribution is -2.33. The molecule has 1 heterocycles. The Hall–Kier alpha value is -3.67. The van der Waals surface area contributed by atoms with E-state index >= 15 is 0 Å². The van der Waals surface area contributed by atoms with E-state index in [0.29, 0.717) is 13.1 Å². The molecule has 0 bridgehead atoms. The van der Waals surface area contributed by atoms with Gasteiger partial charge in [0.2, 0.25) is 0 Å². The number of esters is 1. The second kappa shape index (κ2) is 10.4. The molecule has 160 valence electrons. The second-order valence-electron chi connectivity index (χ2n) is 7.37. The molecule has 1 amide bonds. The Balaban J connectivity index is 1.63. The van der Waals surface area contributed by atoms with E-state index < -0.39 is 5.97 Å². The van der Waals surface area contributed by atoms with E-state index in [1.807, 2.05) is 81.6 Å². The molecule has 0 spiro atoms. The van der Waals surface area contributed by atoms with Crippen LogP contribution in [0.2, 0.25) is 0 Å². The number of aromatic nitrogens is 2. The smallest absolute Gasteiger partial charge is 0.331 e. The van der Waals surface area contributed by atoms with Crippen LogP contribution < -0.4 is 0 Å². The SMILES string of the molecule is Cc1nn(C)c(C)c1/C=C/C(=O)OCC(=O)N(Cc1ccccc1)Cc1ccccc1. The monoisotopic (exact) mass is 417 g/mol. The number of benzene rings is 2. The number of carbonyl (C=O) groups excluding carboxylic acids is 2. The summed E-state index contributed by atoms with van der Waals surface area (Å²) in [7, 11) is 1.85. The molecule has 0 aliphatic rings. The highest BCUT2D eigenvalue weighted by Crippen LogP contribution is 2.14. The topological polar surface area (TPSA) is 64.4 Å². The summed E-state index contributed by atoms with van der Waals surface area (Å²) in [5.74, 6) is -0.807. The maximum Gasteiger partial charge on any atom is 0.331 e. The predicted molar refractivity (Wildman–Crippen MR) is 120 cm³/mol. The van der Waals surface area contributed by atoms with Gasteiger partial charge in [0.1, 0.15) is 0 Å². The molecule has 0 N–H and O–H groups in total. The standard InChI is InChI=1S/C25H27N3O3/c1-19-23(20(2)27(3)26-19)14-15-25(30)31-18-24(29)28(16-21-10-6-4-7-11-21)17-22-12-8-5-9-13-22/h4-15H,16-18H2,1-3H3/b15-14+. The molecule has 2 aromatic carbocycles. The van der Waals surface area contributed by atoms with Crippen molar-refractivity contribution in [3.8, 4) is 0 Å². The van der Waals surface area contributed by atoms with Gasteiger partial charge in [-0.2, -0.15) is 5.10 Å². The van der Waals surface area contributed by atoms with Crippen LogP contribution in [0.15, 0.2) is 66.7 Å². The number of amides is 1. The van der Waals surface area contributed by atoms with Gasteiger partial charge in [0.05, 0.1) is 5.69 Å². The van der Waals surface area contributed by atoms with Gasteiger partial charge in [0, 0.05) is 37.5 Å². The van der Waals surface area contributed by atoms with E-state index in [9.17, 15) is 9.59 Å². The maximum atomic E-state index is 12.9. The summed E-state index contributed by atoms with van der Waals surface area (Å²) in [5.41, 5.74) is 4.69. The van der Waals surface area contributed by atoms with E-state index in [1.165, 1.54) is 6.08 Å². The van der Waals surface area contributed by atoms with Crippen molar-refractivity contribution in [1.29, 1.82) is 0 Å². The molecule has 3 aromatic rings. The Kier molecular flexibility index (Phi) is 7.38. The zero-order chi connectivity index (χ0) is 22.2. The van der Waals surface area contributed by atoms with Crippen LogP contribution in [0.5, 0.6) is 0 Å². The van der Waals surface area contributed by atoms with Crippen LogP contribution >= 0.6 is 0 Å². The quantitative estimate of drug-likeness (QED) is 0.413. The molecule has 31 heavy (non-hydrogen) atoms. The number of hydrogen-bond acceptors (Lipinski definition) is 4. The van der Waals surface area contributed by atoms with E-state index in [1.54, 1.807) is 15.7 Å². The molecule has 6 nitrogen and oxygen atoms in total. The van der Waals surface area contributed by atoms with Crippen molar-refractivity contribution in [2.45, 2.75) is 26.9 Å². The van der Waals surface area contributed by atoms with Crippen LogP contribution in [-0.4, -0.2) is 33.2 Å². The number of aryl methyl sites for hydroxylation is 2. The van der Waals surface area contributed by atoms with Crippen molar-refractivity contribution >= 4 is 18.0 Å². The van der Waals surface area contributed by atoms with Gasteiger partial charge in [0.25, 0.3) is 5.91 Å². The highest BCUT2D eigenvalue weighted by atomic mass is 16.5. The Labute approximate surface area is 182 Å². The molecule has 0 aliphatic carbocycles. The predicted octanol–water partition coefficient (Wildman–Crippen LogP) is 3.82. The van der Waals surface area contributed by atoms with Gasteiger partial charge in [0.15, 0.2) is 6.61 Å². The van der Waals surface area contributed by atoms with Crippen LogP contribution in [0.4, 0.5) is 0 Å². The molecule has 3 rings (SSSR count). The van der Waals surface area contributed by atoms with Crippen LogP contribution in [-0.2, 0) is 34.5 Å². The highest BCUT2D eigenvalue weighted by molar-refractivity contribution is 5.89. The van der Waals surface area contributed by atoms with E-state index in [0.717, 1.165) is 28.1 Å². The molecule has 0 unspecified atom stereocenters. The molecular weight excluding hydrogens is 390 g/mol. The molecule has 6 heteroatoms. The van der Waals surface area contributed by atoms with E-state index in [2.05, 4.69) is 5.10 Å². The molecule has 1 aromatic heterocycles. The summed E-state index contributed by atoms with van der Waals surface area (Å²) in [6.45, 7) is 4.38. The highest BCUT2D eigenvalue weighted by Gasteiger charge is 2.16. The van der Waals surface area contributed by atoms with Crippen LogP contribution in [0.25, 0.3) is 6.08 Å². The number of carbonyl (C=O) groups is 2. The summed E-state index contributed by atoms with van der Waals surface area (Å²) in [5, 5.41) is 4.32. The fraction of sp³-hybridized carbons (Fsp3) is 0.240. The minimum Gasteiger partial charge on any atom is -0.452 e. The van der Waals surface area contributed by atoms with Gasteiger partial charge in [-0.3, -0.25) is 9.48 Å². The van der Waals surface area contributed by atoms with Gasteiger partial charge in [-0.25, -0.2) is 4.79 Å². The van der Waals surface area contributed by atoms with Gasteiger partial charge in [-0.05, 0) is 31.1 Å². The molecule has 0 saturated heterocycles. The van der Waals surface area contributed by atoms with Gasteiger partial charge in [-0.1, -0.05) is 60.7 Å². The lowest BCUT2D eigenvalue weighted by molar-refractivity contribution is -0.148. The maximum absolute atomic E-state index is 12.9. The second-order valence-corrected chi connectivity index (χ2v) is 7.37. The first-order chi connectivity index (χ1) is 14.9. The first-order valence-electron chi connectivity index (χ1n) is 10.1. The third-order valence-corrected chi connectivity index (χ3v) is 5.07. The summed E-state index contributed by atoms with van der Waals surface area (Å²) in [6.07, 6.45) is 3.01. The van der Waals surface area contributed by atoms with Crippen LogP contribution in [0.3, 0.4) is 0 Å². The van der Waals surface area contributed by atoms with Gasteiger partial charge < -0.3 is 9.64 Å². The third kappa shape index (κ3) is 6.15. The van der Waals surface area contributed by atoms with Crippen molar-refractivity contribution in [2.24, 2.45) is 7.05 Å². The summed E-state index contributed by atoms with van der Waals surface area (Å²) >= 11 is 0. The number of rotatable bonds is 8. The lowest BCUT2D eigenvalue weighted by Gasteiger charge is -2.23. The Morgan fingerprint density at radius 2 is 1.52 bits per heavy atom.